The van der Waals surface area contributed by atoms with Crippen molar-refractivity contribution in [3.63, 3.8) is 0 Å². The van der Waals surface area contributed by atoms with E-state index in [9.17, 15) is 9.59 Å². The third-order valence-corrected chi connectivity index (χ3v) is 4.46. The van der Waals surface area contributed by atoms with Crippen molar-refractivity contribution in [1.82, 2.24) is 16.2 Å². The first-order chi connectivity index (χ1) is 14.0. The van der Waals surface area contributed by atoms with Gasteiger partial charge in [0.25, 0.3) is 11.8 Å². The zero-order chi connectivity index (χ0) is 21.1. The van der Waals surface area contributed by atoms with E-state index in [2.05, 4.69) is 23.1 Å². The van der Waals surface area contributed by atoms with Crippen LogP contribution in [0.4, 0.5) is 0 Å². The van der Waals surface area contributed by atoms with Crippen molar-refractivity contribution in [2.45, 2.75) is 32.6 Å². The van der Waals surface area contributed by atoms with Gasteiger partial charge < -0.3 is 4.74 Å². The molecule has 2 amide bonds. The molecule has 0 aliphatic carbocycles. The second kappa shape index (κ2) is 12.0. The van der Waals surface area contributed by atoms with Crippen molar-refractivity contribution in [2.24, 2.45) is 0 Å². The molecule has 0 saturated carbocycles. The molecule has 154 valence electrons. The van der Waals surface area contributed by atoms with E-state index in [4.69, 9.17) is 28.6 Å². The van der Waals surface area contributed by atoms with E-state index in [0.717, 1.165) is 12.8 Å². The molecule has 0 unspecified atom stereocenters. The van der Waals surface area contributed by atoms with Gasteiger partial charge >= 0.3 is 0 Å². The van der Waals surface area contributed by atoms with E-state index < -0.39 is 11.8 Å². The topological polar surface area (TPSA) is 79.5 Å². The molecule has 0 aliphatic heterocycles. The first-order valence-electron chi connectivity index (χ1n) is 9.39. The Morgan fingerprint density at radius 1 is 0.897 bits per heavy atom. The number of hydrogen-bond donors (Lipinski definition) is 3. The Morgan fingerprint density at radius 2 is 1.52 bits per heavy atom. The van der Waals surface area contributed by atoms with Crippen LogP contribution in [-0.2, 0) is 0 Å². The quantitative estimate of drug-likeness (QED) is 0.329. The van der Waals surface area contributed by atoms with Gasteiger partial charge in [-0.15, -0.1) is 0 Å². The van der Waals surface area contributed by atoms with E-state index in [1.165, 1.54) is 12.8 Å². The molecule has 2 aromatic rings. The van der Waals surface area contributed by atoms with Gasteiger partial charge in [-0.05, 0) is 67.2 Å². The smallest absolute Gasteiger partial charge is 0.269 e. The van der Waals surface area contributed by atoms with Gasteiger partial charge in [0.05, 0.1) is 6.61 Å². The molecule has 0 radical (unpaired) electrons. The van der Waals surface area contributed by atoms with Gasteiger partial charge in [-0.1, -0.05) is 37.8 Å². The van der Waals surface area contributed by atoms with Gasteiger partial charge in [-0.3, -0.25) is 25.8 Å². The maximum absolute atomic E-state index is 12.2. The predicted octanol–water partition coefficient (Wildman–Crippen LogP) is 4.25. The summed E-state index contributed by atoms with van der Waals surface area (Å²) >= 11 is 10.8. The third kappa shape index (κ3) is 8.09. The van der Waals surface area contributed by atoms with Gasteiger partial charge in [0.1, 0.15) is 5.75 Å². The maximum Gasteiger partial charge on any atom is 0.269 e. The van der Waals surface area contributed by atoms with Crippen LogP contribution in [0.25, 0.3) is 0 Å². The summed E-state index contributed by atoms with van der Waals surface area (Å²) in [5.41, 5.74) is 5.74. The van der Waals surface area contributed by atoms with Crippen molar-refractivity contribution in [1.29, 1.82) is 0 Å². The number of rotatable bonds is 8. The highest BCUT2D eigenvalue weighted by atomic mass is 35.5. The molecule has 6 nitrogen and oxygen atoms in total. The van der Waals surface area contributed by atoms with Crippen molar-refractivity contribution in [3.8, 4) is 5.75 Å². The lowest BCUT2D eigenvalue weighted by atomic mass is 10.2. The fourth-order valence-corrected chi connectivity index (χ4v) is 2.68. The number of carbonyl (C=O) groups excluding carboxylic acids is 2. The predicted molar refractivity (Wildman–Crippen MR) is 118 cm³/mol. The molecular formula is C21H24ClN3O3S. The van der Waals surface area contributed by atoms with Gasteiger partial charge in [0, 0.05) is 16.1 Å². The minimum atomic E-state index is -0.404. The van der Waals surface area contributed by atoms with E-state index in [-0.39, 0.29) is 5.11 Å². The Labute approximate surface area is 180 Å². The second-order valence-corrected chi connectivity index (χ2v) is 7.15. The lowest BCUT2D eigenvalue weighted by molar-refractivity contribution is 0.0934. The lowest BCUT2D eigenvalue weighted by Gasteiger charge is -2.11. The molecule has 0 fully saturated rings. The SMILES string of the molecule is CCCCCCOc1ccc(C(=O)NC(=S)NNC(=O)c2ccc(Cl)cc2)cc1. The van der Waals surface area contributed by atoms with Crippen LogP contribution in [0.2, 0.25) is 5.02 Å². The fraction of sp³-hybridized carbons (Fsp3) is 0.286. The summed E-state index contributed by atoms with van der Waals surface area (Å²) in [5.74, 6) is -0.0783. The monoisotopic (exact) mass is 433 g/mol. The fourth-order valence-electron chi connectivity index (χ4n) is 2.41. The van der Waals surface area contributed by atoms with Gasteiger partial charge in [-0.25, -0.2) is 0 Å². The number of thiocarbonyl (C=S) groups is 1. The zero-order valence-corrected chi connectivity index (χ0v) is 17.7. The van der Waals surface area contributed by atoms with Crippen LogP contribution >= 0.6 is 23.8 Å². The third-order valence-electron chi connectivity index (χ3n) is 4.01. The second-order valence-electron chi connectivity index (χ2n) is 6.30. The number of nitrogens with one attached hydrogen (secondary N) is 3. The molecule has 0 bridgehead atoms. The van der Waals surface area contributed by atoms with Crippen molar-refractivity contribution < 1.29 is 14.3 Å². The summed E-state index contributed by atoms with van der Waals surface area (Å²) in [6.45, 7) is 2.83. The largest absolute Gasteiger partial charge is 0.494 e. The lowest BCUT2D eigenvalue weighted by Crippen LogP contribution is -2.48. The van der Waals surface area contributed by atoms with Crippen LogP contribution in [0.5, 0.6) is 5.75 Å². The molecule has 29 heavy (non-hydrogen) atoms. The number of ether oxygens (including phenoxy) is 1. The van der Waals surface area contributed by atoms with E-state index in [1.54, 1.807) is 48.5 Å². The summed E-state index contributed by atoms with van der Waals surface area (Å²) in [7, 11) is 0. The molecule has 0 saturated heterocycles. The number of carbonyl (C=O) groups is 2. The number of amides is 2. The Hall–Kier alpha value is -2.64. The van der Waals surface area contributed by atoms with Crippen LogP contribution in [0.1, 0.15) is 53.3 Å². The molecule has 8 heteroatoms. The van der Waals surface area contributed by atoms with Crippen molar-refractivity contribution >= 4 is 40.7 Å². The number of hydrazine groups is 1. The van der Waals surface area contributed by atoms with Gasteiger partial charge in [-0.2, -0.15) is 0 Å². The first-order valence-corrected chi connectivity index (χ1v) is 10.2. The summed E-state index contributed by atoms with van der Waals surface area (Å²) in [4.78, 5) is 24.2. The van der Waals surface area contributed by atoms with E-state index in [1.807, 2.05) is 0 Å². The summed E-state index contributed by atoms with van der Waals surface area (Å²) in [6, 6.07) is 13.2. The van der Waals surface area contributed by atoms with Crippen LogP contribution in [0, 0.1) is 0 Å². The van der Waals surface area contributed by atoms with Gasteiger partial charge in [0.15, 0.2) is 5.11 Å². The summed E-state index contributed by atoms with van der Waals surface area (Å²) in [5, 5.41) is 3.02. The molecular weight excluding hydrogens is 410 g/mol. The zero-order valence-electron chi connectivity index (χ0n) is 16.2. The van der Waals surface area contributed by atoms with Crippen molar-refractivity contribution in [3.05, 3.63) is 64.7 Å². The van der Waals surface area contributed by atoms with E-state index >= 15 is 0 Å². The number of halogens is 1. The van der Waals surface area contributed by atoms with Crippen LogP contribution in [0.15, 0.2) is 48.5 Å². The summed E-state index contributed by atoms with van der Waals surface area (Å²) < 4.78 is 5.66. The molecule has 2 aromatic carbocycles. The van der Waals surface area contributed by atoms with Crippen LogP contribution in [-0.4, -0.2) is 23.5 Å². The number of unbranched alkanes of at least 4 members (excludes halogenated alkanes) is 3. The van der Waals surface area contributed by atoms with Crippen molar-refractivity contribution in [2.75, 3.05) is 6.61 Å². The Balaban J connectivity index is 1.75. The van der Waals surface area contributed by atoms with Crippen LogP contribution < -0.4 is 20.9 Å². The number of hydrogen-bond acceptors (Lipinski definition) is 4. The molecule has 2 rings (SSSR count). The minimum absolute atomic E-state index is 0.0198. The van der Waals surface area contributed by atoms with Gasteiger partial charge in [0.2, 0.25) is 0 Å². The average molecular weight is 434 g/mol. The molecule has 0 aliphatic rings. The molecule has 3 N–H and O–H groups in total. The maximum atomic E-state index is 12.2. The number of benzene rings is 2. The average Bonchev–Trinajstić information content (AvgIpc) is 2.73. The Morgan fingerprint density at radius 3 is 2.17 bits per heavy atom. The van der Waals surface area contributed by atoms with E-state index in [0.29, 0.717) is 28.5 Å². The highest BCUT2D eigenvalue weighted by molar-refractivity contribution is 7.80. The molecule has 0 spiro atoms. The minimum Gasteiger partial charge on any atom is -0.494 e. The Bertz CT molecular complexity index is 826. The standard InChI is InChI=1S/C21H24ClN3O3S/c1-2-3-4-5-14-28-18-12-8-15(9-13-18)19(26)23-21(29)25-24-20(27)16-6-10-17(22)11-7-16/h6-13H,2-5,14H2,1H3,(H,24,27)(H2,23,25,26,29). The normalized spacial score (nSPS) is 10.1. The molecule has 0 aromatic heterocycles. The molecule has 0 heterocycles. The summed E-state index contributed by atoms with van der Waals surface area (Å²) in [6.07, 6.45) is 4.55. The first kappa shape index (κ1) is 22.6. The van der Waals surface area contributed by atoms with Crippen LogP contribution in [0.3, 0.4) is 0 Å². The Kier molecular flexibility index (Phi) is 9.40. The highest BCUT2D eigenvalue weighted by Gasteiger charge is 2.10. The highest BCUT2D eigenvalue weighted by Crippen LogP contribution is 2.13. The molecule has 0 atom stereocenters.